The minimum absolute atomic E-state index is 0.404. The van der Waals surface area contributed by atoms with Crippen molar-refractivity contribution >= 4 is 28.9 Å². The van der Waals surface area contributed by atoms with E-state index in [9.17, 15) is 4.79 Å². The molecule has 94 valence electrons. The number of carboxylic acid groups (broad SMARTS) is 1. The molecule has 4 heteroatoms. The second-order valence-electron chi connectivity index (χ2n) is 4.02. The first-order valence-corrected chi connectivity index (χ1v) is 6.91. The van der Waals surface area contributed by atoms with Crippen molar-refractivity contribution < 1.29 is 9.90 Å². The van der Waals surface area contributed by atoms with E-state index in [1.165, 1.54) is 4.88 Å². The van der Waals surface area contributed by atoms with Crippen LogP contribution >= 0.6 is 22.9 Å². The van der Waals surface area contributed by atoms with E-state index in [0.717, 1.165) is 29.2 Å². The summed E-state index contributed by atoms with van der Waals surface area (Å²) < 4.78 is 0.802. The van der Waals surface area contributed by atoms with Gasteiger partial charge in [0.1, 0.15) is 0 Å². The van der Waals surface area contributed by atoms with Gasteiger partial charge in [0.05, 0.1) is 9.90 Å². The van der Waals surface area contributed by atoms with E-state index in [4.69, 9.17) is 16.7 Å². The van der Waals surface area contributed by atoms with Gasteiger partial charge in [-0.15, -0.1) is 11.3 Å². The molecule has 0 fully saturated rings. The highest BCUT2D eigenvalue weighted by atomic mass is 35.5. The predicted molar refractivity (Wildman–Crippen MR) is 74.8 cm³/mol. The Balaban J connectivity index is 1.96. The van der Waals surface area contributed by atoms with E-state index in [1.807, 2.05) is 24.3 Å². The average Bonchev–Trinajstić information content (AvgIpc) is 2.75. The van der Waals surface area contributed by atoms with E-state index in [2.05, 4.69) is 0 Å². The number of carbonyl (C=O) groups is 1. The molecule has 1 heterocycles. The Morgan fingerprint density at radius 3 is 2.61 bits per heavy atom. The van der Waals surface area contributed by atoms with Gasteiger partial charge in [0.25, 0.3) is 0 Å². The predicted octanol–water partition coefficient (Wildman–Crippen LogP) is 4.28. The Labute approximate surface area is 115 Å². The Kier molecular flexibility index (Phi) is 4.39. The fourth-order valence-corrected chi connectivity index (χ4v) is 3.02. The molecule has 0 radical (unpaired) electrons. The van der Waals surface area contributed by atoms with Gasteiger partial charge in [-0.3, -0.25) is 0 Å². The van der Waals surface area contributed by atoms with Crippen LogP contribution in [0.15, 0.2) is 36.4 Å². The third-order valence-electron chi connectivity index (χ3n) is 2.75. The molecule has 2 aromatic rings. The lowest BCUT2D eigenvalue weighted by Crippen LogP contribution is -2.02. The number of thiophene rings is 1. The smallest absolute Gasteiger partial charge is 0.335 e. The van der Waals surface area contributed by atoms with Crippen LogP contribution in [0.2, 0.25) is 4.34 Å². The number of rotatable bonds is 5. The summed E-state index contributed by atoms with van der Waals surface area (Å²) in [6.07, 6.45) is 2.64. The topological polar surface area (TPSA) is 37.3 Å². The second kappa shape index (κ2) is 6.03. The lowest BCUT2D eigenvalue weighted by Gasteiger charge is -2.04. The lowest BCUT2D eigenvalue weighted by molar-refractivity contribution is 0.0695. The fraction of sp³-hybridized carbons (Fsp3) is 0.214. The average molecular weight is 281 g/mol. The van der Waals surface area contributed by atoms with E-state index in [1.54, 1.807) is 23.5 Å². The molecule has 0 aliphatic carbocycles. The monoisotopic (exact) mass is 280 g/mol. The standard InChI is InChI=1S/C14H13ClO2S/c15-13-9-8-11(18-13)6-3-5-10-4-1-2-7-12(10)14(16)17/h1-2,4,7-9H,3,5-6H2,(H,16,17). The normalized spacial score (nSPS) is 10.5. The molecule has 0 amide bonds. The van der Waals surface area contributed by atoms with Gasteiger partial charge in [-0.05, 0) is 43.0 Å². The summed E-state index contributed by atoms with van der Waals surface area (Å²) in [5, 5.41) is 9.07. The molecule has 0 bridgehead atoms. The Bertz CT molecular complexity index is 548. The highest BCUT2D eigenvalue weighted by molar-refractivity contribution is 7.16. The summed E-state index contributed by atoms with van der Waals surface area (Å²) in [4.78, 5) is 12.3. The molecule has 0 saturated heterocycles. The molecule has 1 aromatic heterocycles. The number of hydrogen-bond acceptors (Lipinski definition) is 2. The molecular formula is C14H13ClO2S. The van der Waals surface area contributed by atoms with Crippen LogP contribution in [-0.4, -0.2) is 11.1 Å². The summed E-state index contributed by atoms with van der Waals surface area (Å²) in [6.45, 7) is 0. The van der Waals surface area contributed by atoms with Crippen LogP contribution < -0.4 is 0 Å². The fourth-order valence-electron chi connectivity index (χ4n) is 1.89. The number of aryl methyl sites for hydroxylation is 2. The molecule has 2 nitrogen and oxygen atoms in total. The maximum atomic E-state index is 11.0. The number of aromatic carboxylic acids is 1. The zero-order chi connectivity index (χ0) is 13.0. The summed E-state index contributed by atoms with van der Waals surface area (Å²) in [5.74, 6) is -0.857. The Morgan fingerprint density at radius 1 is 1.17 bits per heavy atom. The van der Waals surface area contributed by atoms with Gasteiger partial charge in [0, 0.05) is 4.88 Å². The van der Waals surface area contributed by atoms with Gasteiger partial charge >= 0.3 is 5.97 Å². The summed E-state index contributed by atoms with van der Waals surface area (Å²) in [6, 6.07) is 11.1. The molecule has 1 aromatic carbocycles. The third-order valence-corrected chi connectivity index (χ3v) is 4.04. The first-order valence-electron chi connectivity index (χ1n) is 5.72. The summed E-state index contributed by atoms with van der Waals surface area (Å²) in [5.41, 5.74) is 1.30. The number of carboxylic acids is 1. The molecule has 0 saturated carbocycles. The molecule has 0 unspecified atom stereocenters. The first kappa shape index (κ1) is 13.1. The van der Waals surface area contributed by atoms with Crippen molar-refractivity contribution in [1.29, 1.82) is 0 Å². The van der Waals surface area contributed by atoms with Crippen LogP contribution in [0.4, 0.5) is 0 Å². The van der Waals surface area contributed by atoms with Gasteiger partial charge in [-0.1, -0.05) is 29.8 Å². The highest BCUT2D eigenvalue weighted by Gasteiger charge is 2.08. The largest absolute Gasteiger partial charge is 0.478 e. The molecule has 0 atom stereocenters. The number of benzene rings is 1. The van der Waals surface area contributed by atoms with Crippen LogP contribution in [-0.2, 0) is 12.8 Å². The molecular weight excluding hydrogens is 268 g/mol. The zero-order valence-corrected chi connectivity index (χ0v) is 11.3. The Hall–Kier alpha value is -1.32. The first-order chi connectivity index (χ1) is 8.66. The second-order valence-corrected chi connectivity index (χ2v) is 5.82. The zero-order valence-electron chi connectivity index (χ0n) is 9.73. The molecule has 18 heavy (non-hydrogen) atoms. The molecule has 0 aliphatic rings. The number of hydrogen-bond donors (Lipinski definition) is 1. The highest BCUT2D eigenvalue weighted by Crippen LogP contribution is 2.23. The minimum atomic E-state index is -0.857. The molecule has 0 aliphatic heterocycles. The van der Waals surface area contributed by atoms with Gasteiger partial charge < -0.3 is 5.11 Å². The van der Waals surface area contributed by atoms with Crippen molar-refractivity contribution in [2.75, 3.05) is 0 Å². The van der Waals surface area contributed by atoms with Gasteiger partial charge in [0.15, 0.2) is 0 Å². The maximum Gasteiger partial charge on any atom is 0.335 e. The van der Waals surface area contributed by atoms with Gasteiger partial charge in [-0.25, -0.2) is 4.79 Å². The molecule has 2 rings (SSSR count). The van der Waals surface area contributed by atoms with Crippen molar-refractivity contribution in [3.63, 3.8) is 0 Å². The van der Waals surface area contributed by atoms with Crippen LogP contribution in [0, 0.1) is 0 Å². The van der Waals surface area contributed by atoms with Crippen molar-refractivity contribution in [3.8, 4) is 0 Å². The van der Waals surface area contributed by atoms with Crippen molar-refractivity contribution in [2.24, 2.45) is 0 Å². The molecule has 0 spiro atoms. The van der Waals surface area contributed by atoms with Crippen molar-refractivity contribution in [3.05, 3.63) is 56.7 Å². The third kappa shape index (κ3) is 3.34. The van der Waals surface area contributed by atoms with Gasteiger partial charge in [-0.2, -0.15) is 0 Å². The number of halogens is 1. The molecule has 1 N–H and O–H groups in total. The summed E-state index contributed by atoms with van der Waals surface area (Å²) >= 11 is 7.45. The summed E-state index contributed by atoms with van der Waals surface area (Å²) in [7, 11) is 0. The van der Waals surface area contributed by atoms with Gasteiger partial charge in [0.2, 0.25) is 0 Å². The van der Waals surface area contributed by atoms with E-state index < -0.39 is 5.97 Å². The minimum Gasteiger partial charge on any atom is -0.478 e. The quantitative estimate of drug-likeness (QED) is 0.888. The van der Waals surface area contributed by atoms with Crippen LogP contribution in [0.1, 0.15) is 27.2 Å². The van der Waals surface area contributed by atoms with E-state index in [-0.39, 0.29) is 0 Å². The van der Waals surface area contributed by atoms with Crippen molar-refractivity contribution in [2.45, 2.75) is 19.3 Å². The Morgan fingerprint density at radius 2 is 1.94 bits per heavy atom. The lowest BCUT2D eigenvalue weighted by atomic mass is 10.0. The SMILES string of the molecule is O=C(O)c1ccccc1CCCc1ccc(Cl)s1. The van der Waals surface area contributed by atoms with E-state index >= 15 is 0 Å². The van der Waals surface area contributed by atoms with Crippen LogP contribution in [0.25, 0.3) is 0 Å². The van der Waals surface area contributed by atoms with E-state index in [0.29, 0.717) is 5.56 Å². The van der Waals surface area contributed by atoms with Crippen LogP contribution in [0.5, 0.6) is 0 Å². The maximum absolute atomic E-state index is 11.0. The van der Waals surface area contributed by atoms with Crippen molar-refractivity contribution in [1.82, 2.24) is 0 Å². The van der Waals surface area contributed by atoms with Crippen LogP contribution in [0.3, 0.4) is 0 Å².